The molecule has 0 saturated carbocycles. The van der Waals surface area contributed by atoms with Crippen LogP contribution in [0.2, 0.25) is 0 Å². The molecular weight excluding hydrogens is 356 g/mol. The summed E-state index contributed by atoms with van der Waals surface area (Å²) in [5.74, 6) is 1.16. The highest BCUT2D eigenvalue weighted by Crippen LogP contribution is 2.26. The molecule has 8 heteroatoms. The standard InChI is InChI=1S/C20H22N6O2/c1-28-8-7-23-20-25-18(13-3-2-4-16(27)10-13)11-19(26-20)24-15-5-6-17(22)14(9-15)12-21/h2-6,9-12,21,27H,7-8,22H2,1H3,(H2,23,24,25,26). The lowest BCUT2D eigenvalue weighted by Crippen LogP contribution is -2.11. The van der Waals surface area contributed by atoms with Gasteiger partial charge in [-0.15, -0.1) is 0 Å². The van der Waals surface area contributed by atoms with Gasteiger partial charge in [0.15, 0.2) is 0 Å². The van der Waals surface area contributed by atoms with Crippen molar-refractivity contribution in [3.63, 3.8) is 0 Å². The maximum Gasteiger partial charge on any atom is 0.225 e. The predicted molar refractivity (Wildman–Crippen MR) is 112 cm³/mol. The summed E-state index contributed by atoms with van der Waals surface area (Å²) in [5, 5.41) is 23.6. The predicted octanol–water partition coefficient (Wildman–Crippen LogP) is 3.23. The van der Waals surface area contributed by atoms with Gasteiger partial charge in [0.05, 0.1) is 12.3 Å². The Morgan fingerprint density at radius 2 is 2.04 bits per heavy atom. The molecule has 0 amide bonds. The van der Waals surface area contributed by atoms with Crippen molar-refractivity contribution < 1.29 is 9.84 Å². The van der Waals surface area contributed by atoms with Crippen LogP contribution in [0.5, 0.6) is 5.75 Å². The SMILES string of the molecule is COCCNc1nc(Nc2ccc(N)c(C=N)c2)cc(-c2cccc(O)c2)n1. The quantitative estimate of drug-likeness (QED) is 0.231. The second-order valence-corrected chi connectivity index (χ2v) is 6.04. The Hall–Kier alpha value is -3.65. The highest BCUT2D eigenvalue weighted by Gasteiger charge is 2.09. The van der Waals surface area contributed by atoms with E-state index in [1.807, 2.05) is 12.1 Å². The summed E-state index contributed by atoms with van der Waals surface area (Å²) in [6.07, 6.45) is 1.20. The van der Waals surface area contributed by atoms with Crippen molar-refractivity contribution in [3.05, 3.63) is 54.1 Å². The minimum Gasteiger partial charge on any atom is -0.508 e. The first kappa shape index (κ1) is 19.1. The van der Waals surface area contributed by atoms with Crippen LogP contribution >= 0.6 is 0 Å². The number of rotatable bonds is 8. The number of aromatic hydroxyl groups is 1. The number of nitrogen functional groups attached to an aromatic ring is 1. The average Bonchev–Trinajstić information content (AvgIpc) is 2.69. The maximum atomic E-state index is 9.78. The minimum atomic E-state index is 0.161. The van der Waals surface area contributed by atoms with E-state index in [0.717, 1.165) is 11.3 Å². The van der Waals surface area contributed by atoms with Crippen LogP contribution in [0, 0.1) is 5.41 Å². The third kappa shape index (κ3) is 4.74. The lowest BCUT2D eigenvalue weighted by molar-refractivity contribution is 0.210. The fourth-order valence-corrected chi connectivity index (χ4v) is 2.59. The Labute approximate surface area is 162 Å². The summed E-state index contributed by atoms with van der Waals surface area (Å²) in [7, 11) is 1.63. The van der Waals surface area contributed by atoms with Gasteiger partial charge in [0.25, 0.3) is 0 Å². The van der Waals surface area contributed by atoms with Crippen molar-refractivity contribution in [3.8, 4) is 17.0 Å². The summed E-state index contributed by atoms with van der Waals surface area (Å²) in [4.78, 5) is 9.01. The number of benzene rings is 2. The highest BCUT2D eigenvalue weighted by molar-refractivity contribution is 5.87. The third-order valence-corrected chi connectivity index (χ3v) is 3.97. The first-order valence-corrected chi connectivity index (χ1v) is 8.67. The van der Waals surface area contributed by atoms with Crippen LogP contribution in [-0.2, 0) is 4.74 Å². The highest BCUT2D eigenvalue weighted by atomic mass is 16.5. The number of phenols is 1. The number of phenolic OH excluding ortho intramolecular Hbond substituents is 1. The van der Waals surface area contributed by atoms with Crippen LogP contribution in [-0.4, -0.2) is 41.6 Å². The van der Waals surface area contributed by atoms with E-state index in [1.165, 1.54) is 6.21 Å². The molecule has 144 valence electrons. The van der Waals surface area contributed by atoms with Crippen LogP contribution in [0.25, 0.3) is 11.3 Å². The molecule has 3 aromatic rings. The molecule has 0 atom stereocenters. The molecule has 0 fully saturated rings. The fourth-order valence-electron chi connectivity index (χ4n) is 2.59. The Balaban J connectivity index is 1.95. The number of nitrogens with one attached hydrogen (secondary N) is 3. The largest absolute Gasteiger partial charge is 0.508 e. The Bertz CT molecular complexity index is 977. The molecule has 0 aliphatic rings. The summed E-state index contributed by atoms with van der Waals surface area (Å²) < 4.78 is 5.06. The molecule has 6 N–H and O–H groups in total. The summed E-state index contributed by atoms with van der Waals surface area (Å²) in [5.41, 5.74) is 9.16. The Morgan fingerprint density at radius 1 is 1.18 bits per heavy atom. The number of nitrogens with zero attached hydrogens (tertiary/aromatic N) is 2. The van der Waals surface area contributed by atoms with Crippen molar-refractivity contribution >= 4 is 29.4 Å². The van der Waals surface area contributed by atoms with Gasteiger partial charge in [-0.05, 0) is 30.3 Å². The van der Waals surface area contributed by atoms with E-state index < -0.39 is 0 Å². The van der Waals surface area contributed by atoms with Gasteiger partial charge in [0.1, 0.15) is 11.6 Å². The van der Waals surface area contributed by atoms with Crippen LogP contribution in [0.1, 0.15) is 5.56 Å². The van der Waals surface area contributed by atoms with E-state index in [-0.39, 0.29) is 5.75 Å². The van der Waals surface area contributed by atoms with Crippen LogP contribution in [0.15, 0.2) is 48.5 Å². The Kier molecular flexibility index (Phi) is 6.03. The number of ether oxygens (including phenoxy) is 1. The topological polar surface area (TPSA) is 129 Å². The normalized spacial score (nSPS) is 10.5. The maximum absolute atomic E-state index is 9.78. The third-order valence-electron chi connectivity index (χ3n) is 3.97. The van der Waals surface area contributed by atoms with Crippen molar-refractivity contribution in [1.82, 2.24) is 9.97 Å². The molecule has 0 unspecified atom stereocenters. The van der Waals surface area contributed by atoms with Crippen molar-refractivity contribution in [1.29, 1.82) is 5.41 Å². The van der Waals surface area contributed by atoms with Gasteiger partial charge >= 0.3 is 0 Å². The molecule has 2 aromatic carbocycles. The smallest absolute Gasteiger partial charge is 0.225 e. The van der Waals surface area contributed by atoms with E-state index in [0.29, 0.717) is 41.9 Å². The second-order valence-electron chi connectivity index (χ2n) is 6.04. The molecule has 0 bridgehead atoms. The molecule has 0 spiro atoms. The molecule has 0 radical (unpaired) electrons. The number of anilines is 4. The monoisotopic (exact) mass is 378 g/mol. The lowest BCUT2D eigenvalue weighted by Gasteiger charge is -2.12. The molecule has 8 nitrogen and oxygen atoms in total. The molecule has 3 rings (SSSR count). The fraction of sp³-hybridized carbons (Fsp3) is 0.150. The number of hydrogen-bond acceptors (Lipinski definition) is 8. The Morgan fingerprint density at radius 3 is 2.79 bits per heavy atom. The van der Waals surface area contributed by atoms with Crippen LogP contribution in [0.4, 0.5) is 23.1 Å². The average molecular weight is 378 g/mol. The van der Waals surface area contributed by atoms with Gasteiger partial charge in [-0.3, -0.25) is 0 Å². The summed E-state index contributed by atoms with van der Waals surface area (Å²) in [6.45, 7) is 1.07. The van der Waals surface area contributed by atoms with Gasteiger partial charge < -0.3 is 31.6 Å². The van der Waals surface area contributed by atoms with E-state index in [1.54, 1.807) is 43.5 Å². The molecule has 28 heavy (non-hydrogen) atoms. The van der Waals surface area contributed by atoms with Gasteiger partial charge in [-0.25, -0.2) is 4.98 Å². The van der Waals surface area contributed by atoms with Crippen molar-refractivity contribution in [2.24, 2.45) is 0 Å². The summed E-state index contributed by atoms with van der Waals surface area (Å²) >= 11 is 0. The zero-order valence-corrected chi connectivity index (χ0v) is 15.4. The van der Waals surface area contributed by atoms with Gasteiger partial charge in [-0.2, -0.15) is 4.98 Å². The molecule has 0 saturated heterocycles. The molecule has 0 aliphatic carbocycles. The lowest BCUT2D eigenvalue weighted by atomic mass is 10.1. The first-order valence-electron chi connectivity index (χ1n) is 8.67. The zero-order valence-electron chi connectivity index (χ0n) is 15.4. The molecule has 1 aromatic heterocycles. The summed E-state index contributed by atoms with van der Waals surface area (Å²) in [6, 6.07) is 14.0. The van der Waals surface area contributed by atoms with Gasteiger partial charge in [-0.1, -0.05) is 12.1 Å². The minimum absolute atomic E-state index is 0.161. The molecule has 1 heterocycles. The first-order chi connectivity index (χ1) is 13.6. The van der Waals surface area contributed by atoms with Gasteiger partial charge in [0.2, 0.25) is 5.95 Å². The van der Waals surface area contributed by atoms with E-state index in [9.17, 15) is 5.11 Å². The van der Waals surface area contributed by atoms with E-state index >= 15 is 0 Å². The van der Waals surface area contributed by atoms with E-state index in [4.69, 9.17) is 15.9 Å². The number of hydrogen-bond donors (Lipinski definition) is 5. The van der Waals surface area contributed by atoms with Gasteiger partial charge in [0, 0.05) is 48.4 Å². The van der Waals surface area contributed by atoms with Crippen LogP contribution < -0.4 is 16.4 Å². The number of methoxy groups -OCH3 is 1. The molecular formula is C20H22N6O2. The van der Waals surface area contributed by atoms with Crippen LogP contribution in [0.3, 0.4) is 0 Å². The molecule has 0 aliphatic heterocycles. The number of nitrogens with two attached hydrogens (primary N) is 1. The van der Waals surface area contributed by atoms with Crippen molar-refractivity contribution in [2.75, 3.05) is 36.6 Å². The van der Waals surface area contributed by atoms with Crippen molar-refractivity contribution in [2.45, 2.75) is 0 Å². The van der Waals surface area contributed by atoms with E-state index in [2.05, 4.69) is 20.6 Å². The number of aromatic nitrogens is 2. The second kappa shape index (κ2) is 8.83. The zero-order chi connectivity index (χ0) is 19.9.